The summed E-state index contributed by atoms with van der Waals surface area (Å²) in [5.41, 5.74) is 5.37. The van der Waals surface area contributed by atoms with Crippen molar-refractivity contribution < 1.29 is 9.53 Å². The molecular formula is C38H35N7O2. The number of aromatic nitrogens is 6. The summed E-state index contributed by atoms with van der Waals surface area (Å²) in [6.45, 7) is 1.97. The number of hydrogen-bond acceptors (Lipinski definition) is 7. The van der Waals surface area contributed by atoms with Crippen LogP contribution in [0.3, 0.4) is 0 Å². The number of likely N-dealkylation sites (tertiary alicyclic amines) is 1. The zero-order chi connectivity index (χ0) is 32.1. The van der Waals surface area contributed by atoms with Crippen molar-refractivity contribution in [2.45, 2.75) is 25.0 Å². The molecule has 1 saturated heterocycles. The Morgan fingerprint density at radius 2 is 1.38 bits per heavy atom. The SMILES string of the molecule is COc1ccc(Cn2nnc(Cn3ccc(/C=C4\CN(C(c5ccccc5)(c5ccccc5)c5ccccc5)CCC4=O)n3)n2)cc1. The Morgan fingerprint density at radius 1 is 0.766 bits per heavy atom. The average molecular weight is 622 g/mol. The van der Waals surface area contributed by atoms with Crippen LogP contribution in [0.4, 0.5) is 0 Å². The van der Waals surface area contributed by atoms with Crippen molar-refractivity contribution >= 4 is 11.9 Å². The van der Waals surface area contributed by atoms with E-state index in [1.54, 1.807) is 16.6 Å². The predicted molar refractivity (Wildman–Crippen MR) is 180 cm³/mol. The molecule has 1 fully saturated rings. The van der Waals surface area contributed by atoms with Crippen molar-refractivity contribution in [2.24, 2.45) is 0 Å². The van der Waals surface area contributed by atoms with Crippen molar-refractivity contribution in [3.05, 3.63) is 167 Å². The van der Waals surface area contributed by atoms with Crippen LogP contribution in [0.5, 0.6) is 5.75 Å². The number of carbonyl (C=O) groups excluding carboxylic acids is 1. The van der Waals surface area contributed by atoms with E-state index in [0.29, 0.717) is 44.1 Å². The van der Waals surface area contributed by atoms with Gasteiger partial charge in [0.1, 0.15) is 12.3 Å². The summed E-state index contributed by atoms with van der Waals surface area (Å²) in [6.07, 6.45) is 4.22. The standard InChI is InChI=1S/C38H35N7O2/c1-47-35-19-17-29(18-20-35)26-45-41-37(39-42-45)28-44-24-21-34(40-44)25-30-27-43(23-22-36(30)46)38(31-11-5-2-6-12-31,32-13-7-3-8-14-32)33-15-9-4-10-16-33/h2-21,24-25H,22-23,26-28H2,1H3/b30-25+. The number of methoxy groups -OCH3 is 1. The highest BCUT2D eigenvalue weighted by Gasteiger charge is 2.44. The molecule has 3 heterocycles. The molecule has 9 nitrogen and oxygen atoms in total. The van der Waals surface area contributed by atoms with E-state index in [0.717, 1.165) is 33.6 Å². The maximum Gasteiger partial charge on any atom is 0.196 e. The molecule has 0 N–H and O–H groups in total. The van der Waals surface area contributed by atoms with E-state index in [2.05, 4.69) is 93.1 Å². The van der Waals surface area contributed by atoms with Crippen LogP contribution < -0.4 is 4.74 Å². The van der Waals surface area contributed by atoms with E-state index in [9.17, 15) is 4.79 Å². The van der Waals surface area contributed by atoms with Gasteiger partial charge in [0, 0.05) is 31.3 Å². The fraction of sp³-hybridized carbons (Fsp3) is 0.184. The van der Waals surface area contributed by atoms with E-state index in [1.165, 1.54) is 0 Å². The van der Waals surface area contributed by atoms with Crippen molar-refractivity contribution in [3.8, 4) is 5.75 Å². The van der Waals surface area contributed by atoms with Gasteiger partial charge in [0.05, 0.1) is 24.9 Å². The predicted octanol–water partition coefficient (Wildman–Crippen LogP) is 5.63. The van der Waals surface area contributed by atoms with E-state index >= 15 is 0 Å². The number of piperidine rings is 1. The fourth-order valence-electron chi connectivity index (χ4n) is 6.43. The Bertz CT molecular complexity index is 1870. The van der Waals surface area contributed by atoms with Gasteiger partial charge in [-0.2, -0.15) is 9.90 Å². The van der Waals surface area contributed by atoms with Gasteiger partial charge in [-0.05, 0) is 51.7 Å². The molecule has 0 radical (unpaired) electrons. The lowest BCUT2D eigenvalue weighted by Gasteiger charge is -2.47. The number of carbonyl (C=O) groups is 1. The highest BCUT2D eigenvalue weighted by molar-refractivity contribution is 6.00. The molecule has 0 amide bonds. The van der Waals surface area contributed by atoms with Gasteiger partial charge in [-0.15, -0.1) is 10.2 Å². The van der Waals surface area contributed by atoms with Gasteiger partial charge in [0.2, 0.25) is 0 Å². The monoisotopic (exact) mass is 621 g/mol. The topological polar surface area (TPSA) is 91.0 Å². The first kappa shape index (κ1) is 30.0. The Balaban J connectivity index is 1.15. The smallest absolute Gasteiger partial charge is 0.196 e. The normalized spacial score (nSPS) is 14.8. The molecule has 0 aliphatic carbocycles. The largest absolute Gasteiger partial charge is 0.497 e. The maximum atomic E-state index is 13.4. The van der Waals surface area contributed by atoms with Gasteiger partial charge in [-0.3, -0.25) is 14.4 Å². The van der Waals surface area contributed by atoms with Gasteiger partial charge in [0.15, 0.2) is 11.6 Å². The number of ketones is 1. The molecule has 9 heteroatoms. The second kappa shape index (κ2) is 13.4. The quantitative estimate of drug-likeness (QED) is 0.145. The molecule has 4 aromatic carbocycles. The molecule has 1 aliphatic rings. The maximum absolute atomic E-state index is 13.4. The molecule has 1 aliphatic heterocycles. The molecule has 47 heavy (non-hydrogen) atoms. The second-order valence-electron chi connectivity index (χ2n) is 11.6. The third-order valence-electron chi connectivity index (χ3n) is 8.64. The molecule has 2 aromatic heterocycles. The van der Waals surface area contributed by atoms with Crippen LogP contribution in [0.15, 0.2) is 133 Å². The van der Waals surface area contributed by atoms with Gasteiger partial charge < -0.3 is 4.74 Å². The molecular weight excluding hydrogens is 586 g/mol. The molecule has 0 atom stereocenters. The number of benzene rings is 4. The number of ether oxygens (including phenoxy) is 1. The van der Waals surface area contributed by atoms with Gasteiger partial charge in [-0.25, -0.2) is 0 Å². The third kappa shape index (κ3) is 6.25. The summed E-state index contributed by atoms with van der Waals surface area (Å²) in [5.74, 6) is 1.50. The third-order valence-corrected chi connectivity index (χ3v) is 8.64. The summed E-state index contributed by atoms with van der Waals surface area (Å²) >= 11 is 0. The van der Waals surface area contributed by atoms with Crippen LogP contribution in [-0.2, 0) is 23.4 Å². The first-order valence-corrected chi connectivity index (χ1v) is 15.7. The van der Waals surface area contributed by atoms with Gasteiger partial charge in [-0.1, -0.05) is 103 Å². The average Bonchev–Trinajstić information content (AvgIpc) is 3.77. The van der Waals surface area contributed by atoms with Crippen LogP contribution in [0.25, 0.3) is 6.08 Å². The Kier molecular flexibility index (Phi) is 8.53. The number of hydrogen-bond donors (Lipinski definition) is 0. The Hall–Kier alpha value is -5.67. The molecule has 6 aromatic rings. The van der Waals surface area contributed by atoms with Crippen LogP contribution in [-0.4, -0.2) is 60.9 Å². The number of rotatable bonds is 10. The molecule has 0 spiro atoms. The fourth-order valence-corrected chi connectivity index (χ4v) is 6.43. The van der Waals surface area contributed by atoms with Crippen molar-refractivity contribution in [1.82, 2.24) is 34.9 Å². The molecule has 0 unspecified atom stereocenters. The number of Topliss-reactive ketones (excluding diaryl/α,β-unsaturated/α-hetero) is 1. The number of tetrazole rings is 1. The summed E-state index contributed by atoms with van der Waals surface area (Å²) in [5, 5.41) is 17.7. The van der Waals surface area contributed by atoms with E-state index in [4.69, 9.17) is 9.84 Å². The zero-order valence-corrected chi connectivity index (χ0v) is 26.2. The van der Waals surface area contributed by atoms with Crippen LogP contribution in [0, 0.1) is 0 Å². The minimum atomic E-state index is -0.591. The Morgan fingerprint density at radius 3 is 1.98 bits per heavy atom. The van der Waals surface area contributed by atoms with E-state index in [1.807, 2.05) is 60.8 Å². The summed E-state index contributed by atoms with van der Waals surface area (Å²) in [7, 11) is 1.65. The van der Waals surface area contributed by atoms with Crippen LogP contribution >= 0.6 is 0 Å². The van der Waals surface area contributed by atoms with Crippen LogP contribution in [0.1, 0.15) is 40.2 Å². The van der Waals surface area contributed by atoms with Crippen molar-refractivity contribution in [1.29, 1.82) is 0 Å². The highest BCUT2D eigenvalue weighted by atomic mass is 16.5. The summed E-state index contributed by atoms with van der Waals surface area (Å²) in [4.78, 5) is 17.4. The van der Waals surface area contributed by atoms with E-state index < -0.39 is 5.54 Å². The lowest BCUT2D eigenvalue weighted by molar-refractivity contribution is -0.117. The van der Waals surface area contributed by atoms with Gasteiger partial charge >= 0.3 is 0 Å². The lowest BCUT2D eigenvalue weighted by Crippen LogP contribution is -2.52. The van der Waals surface area contributed by atoms with Crippen molar-refractivity contribution in [3.63, 3.8) is 0 Å². The second-order valence-corrected chi connectivity index (χ2v) is 11.6. The molecule has 0 saturated carbocycles. The minimum absolute atomic E-state index is 0.141. The summed E-state index contributed by atoms with van der Waals surface area (Å²) < 4.78 is 7.01. The van der Waals surface area contributed by atoms with Gasteiger partial charge in [0.25, 0.3) is 0 Å². The van der Waals surface area contributed by atoms with Crippen molar-refractivity contribution in [2.75, 3.05) is 20.2 Å². The molecule has 234 valence electrons. The summed E-state index contributed by atoms with van der Waals surface area (Å²) in [6, 6.07) is 41.4. The first-order valence-electron chi connectivity index (χ1n) is 15.7. The minimum Gasteiger partial charge on any atom is -0.497 e. The molecule has 0 bridgehead atoms. The van der Waals surface area contributed by atoms with E-state index in [-0.39, 0.29) is 5.78 Å². The zero-order valence-electron chi connectivity index (χ0n) is 26.2. The molecule has 7 rings (SSSR count). The lowest BCUT2D eigenvalue weighted by atomic mass is 9.74. The van der Waals surface area contributed by atoms with Crippen LogP contribution in [0.2, 0.25) is 0 Å². The Labute approximate surface area is 273 Å². The number of nitrogens with zero attached hydrogens (tertiary/aromatic N) is 7. The first-order chi connectivity index (χ1) is 23.1. The highest BCUT2D eigenvalue weighted by Crippen LogP contribution is 2.44.